The van der Waals surface area contributed by atoms with E-state index in [1.165, 1.54) is 24.2 Å². The summed E-state index contributed by atoms with van der Waals surface area (Å²) in [6, 6.07) is 8.42. The minimum Gasteiger partial charge on any atom is -0.497 e. The van der Waals surface area contributed by atoms with Gasteiger partial charge in [0.25, 0.3) is 0 Å². The molecule has 0 radical (unpaired) electrons. The van der Waals surface area contributed by atoms with Gasteiger partial charge in [0, 0.05) is 11.8 Å². The largest absolute Gasteiger partial charge is 0.497 e. The van der Waals surface area contributed by atoms with E-state index >= 15 is 0 Å². The second kappa shape index (κ2) is 5.35. The van der Waals surface area contributed by atoms with Gasteiger partial charge in [-0.15, -0.1) is 0 Å². The molecule has 0 bridgehead atoms. The summed E-state index contributed by atoms with van der Waals surface area (Å²) in [5, 5.41) is 0. The number of ether oxygens (including phenoxy) is 2. The molecular formula is C18H22O2. The van der Waals surface area contributed by atoms with E-state index in [1.54, 1.807) is 7.11 Å². The fourth-order valence-electron chi connectivity index (χ4n) is 3.49. The van der Waals surface area contributed by atoms with Crippen LogP contribution in [0.2, 0.25) is 0 Å². The Balaban J connectivity index is 1.84. The molecule has 0 saturated carbocycles. The zero-order chi connectivity index (χ0) is 14.0. The van der Waals surface area contributed by atoms with Crippen LogP contribution in [0.3, 0.4) is 0 Å². The van der Waals surface area contributed by atoms with Crippen LogP contribution < -0.4 is 4.74 Å². The van der Waals surface area contributed by atoms with Crippen LogP contribution in [0.15, 0.2) is 48.8 Å². The van der Waals surface area contributed by atoms with E-state index in [4.69, 9.17) is 9.47 Å². The normalized spacial score (nSPS) is 28.2. The van der Waals surface area contributed by atoms with Crippen molar-refractivity contribution in [3.8, 4) is 5.75 Å². The van der Waals surface area contributed by atoms with Gasteiger partial charge in [0.15, 0.2) is 0 Å². The first-order valence-electron chi connectivity index (χ1n) is 7.38. The topological polar surface area (TPSA) is 18.5 Å². The molecule has 20 heavy (non-hydrogen) atoms. The van der Waals surface area contributed by atoms with Crippen molar-refractivity contribution in [2.75, 3.05) is 7.11 Å². The molecule has 2 heteroatoms. The van der Waals surface area contributed by atoms with Crippen LogP contribution in [0, 0.1) is 5.41 Å². The number of fused-ring (bicyclic) bond motifs is 1. The summed E-state index contributed by atoms with van der Waals surface area (Å²) in [6.07, 6.45) is 10.1. The number of benzene rings is 1. The van der Waals surface area contributed by atoms with Gasteiger partial charge in [0.1, 0.15) is 11.9 Å². The fourth-order valence-corrected chi connectivity index (χ4v) is 3.49. The Morgan fingerprint density at radius 2 is 2.20 bits per heavy atom. The lowest BCUT2D eigenvalue weighted by molar-refractivity contribution is 0.186. The molecule has 0 unspecified atom stereocenters. The van der Waals surface area contributed by atoms with E-state index < -0.39 is 0 Å². The Morgan fingerprint density at radius 1 is 1.40 bits per heavy atom. The highest BCUT2D eigenvalue weighted by molar-refractivity contribution is 5.30. The number of hydrogen-bond donors (Lipinski definition) is 0. The summed E-state index contributed by atoms with van der Waals surface area (Å²) in [5.41, 5.74) is 1.54. The Morgan fingerprint density at radius 3 is 2.90 bits per heavy atom. The number of allylic oxidation sites excluding steroid dienone is 2. The van der Waals surface area contributed by atoms with Gasteiger partial charge in [-0.05, 0) is 49.5 Å². The molecule has 1 saturated heterocycles. The van der Waals surface area contributed by atoms with Crippen LogP contribution in [-0.4, -0.2) is 13.2 Å². The third-order valence-corrected chi connectivity index (χ3v) is 4.55. The maximum atomic E-state index is 6.05. The third-order valence-electron chi connectivity index (χ3n) is 4.55. The highest BCUT2D eigenvalue weighted by atomic mass is 16.5. The summed E-state index contributed by atoms with van der Waals surface area (Å²) in [5.74, 6) is 2.11. The maximum absolute atomic E-state index is 6.05. The van der Waals surface area contributed by atoms with Crippen molar-refractivity contribution in [2.45, 2.75) is 38.2 Å². The van der Waals surface area contributed by atoms with E-state index in [-0.39, 0.29) is 11.5 Å². The van der Waals surface area contributed by atoms with Gasteiger partial charge in [-0.3, -0.25) is 0 Å². The van der Waals surface area contributed by atoms with Gasteiger partial charge in [-0.2, -0.15) is 0 Å². The Bertz CT molecular complexity index is 515. The molecular weight excluding hydrogens is 248 g/mol. The summed E-state index contributed by atoms with van der Waals surface area (Å²) in [6.45, 7) is 3.89. The first kappa shape index (κ1) is 13.3. The van der Waals surface area contributed by atoms with Crippen molar-refractivity contribution in [2.24, 2.45) is 5.41 Å². The molecule has 1 aliphatic heterocycles. The van der Waals surface area contributed by atoms with Crippen LogP contribution in [0.1, 0.15) is 31.2 Å². The van der Waals surface area contributed by atoms with Gasteiger partial charge < -0.3 is 9.47 Å². The third kappa shape index (κ3) is 2.35. The zero-order valence-corrected chi connectivity index (χ0v) is 12.1. The highest BCUT2D eigenvalue weighted by Gasteiger charge is 2.45. The molecule has 0 N–H and O–H groups in total. The molecule has 106 valence electrons. The summed E-state index contributed by atoms with van der Waals surface area (Å²) in [7, 11) is 1.70. The molecule has 1 aliphatic carbocycles. The monoisotopic (exact) mass is 270 g/mol. The molecule has 0 spiro atoms. The highest BCUT2D eigenvalue weighted by Crippen LogP contribution is 2.50. The Labute approximate surface area is 121 Å². The molecule has 0 amide bonds. The van der Waals surface area contributed by atoms with Gasteiger partial charge >= 0.3 is 0 Å². The lowest BCUT2D eigenvalue weighted by Gasteiger charge is -2.31. The van der Waals surface area contributed by atoms with Gasteiger partial charge in [0.2, 0.25) is 0 Å². The molecule has 0 aromatic heterocycles. The first-order valence-corrected chi connectivity index (χ1v) is 7.38. The smallest absolute Gasteiger partial charge is 0.118 e. The van der Waals surface area contributed by atoms with E-state index in [1.807, 2.05) is 18.2 Å². The van der Waals surface area contributed by atoms with Gasteiger partial charge in [-0.1, -0.05) is 24.8 Å². The maximum Gasteiger partial charge on any atom is 0.118 e. The molecule has 3 rings (SSSR count). The van der Waals surface area contributed by atoms with E-state index in [0.717, 1.165) is 25.0 Å². The van der Waals surface area contributed by atoms with Crippen molar-refractivity contribution >= 4 is 0 Å². The zero-order valence-electron chi connectivity index (χ0n) is 12.1. The van der Waals surface area contributed by atoms with Crippen molar-refractivity contribution in [1.29, 1.82) is 0 Å². The molecule has 2 nitrogen and oxygen atoms in total. The van der Waals surface area contributed by atoms with Crippen molar-refractivity contribution in [1.82, 2.24) is 0 Å². The van der Waals surface area contributed by atoms with Crippen molar-refractivity contribution in [3.63, 3.8) is 0 Å². The van der Waals surface area contributed by atoms with Gasteiger partial charge in [0.05, 0.1) is 12.9 Å². The second-order valence-electron chi connectivity index (χ2n) is 5.86. The predicted molar refractivity (Wildman–Crippen MR) is 80.8 cm³/mol. The van der Waals surface area contributed by atoms with Crippen LogP contribution in [0.4, 0.5) is 0 Å². The molecule has 2 atom stereocenters. The second-order valence-corrected chi connectivity index (χ2v) is 5.86. The molecule has 1 fully saturated rings. The minimum absolute atomic E-state index is 0.178. The Kier molecular flexibility index (Phi) is 3.56. The summed E-state index contributed by atoms with van der Waals surface area (Å²) in [4.78, 5) is 0. The predicted octanol–water partition coefficient (Wildman–Crippen LogP) is 4.27. The van der Waals surface area contributed by atoms with Crippen molar-refractivity contribution in [3.05, 3.63) is 54.3 Å². The molecule has 1 heterocycles. The lowest BCUT2D eigenvalue weighted by atomic mass is 9.71. The summed E-state index contributed by atoms with van der Waals surface area (Å²) < 4.78 is 11.3. The van der Waals surface area contributed by atoms with Gasteiger partial charge in [-0.25, -0.2) is 0 Å². The van der Waals surface area contributed by atoms with Crippen LogP contribution in [-0.2, 0) is 11.2 Å². The quantitative estimate of drug-likeness (QED) is 0.761. The van der Waals surface area contributed by atoms with Crippen LogP contribution >= 0.6 is 0 Å². The number of rotatable bonds is 4. The number of methoxy groups -OCH3 is 1. The van der Waals surface area contributed by atoms with E-state index in [9.17, 15) is 0 Å². The fraction of sp³-hybridized carbons (Fsp3) is 0.444. The number of hydrogen-bond acceptors (Lipinski definition) is 2. The molecule has 1 aromatic carbocycles. The van der Waals surface area contributed by atoms with Crippen molar-refractivity contribution < 1.29 is 9.47 Å². The lowest BCUT2D eigenvalue weighted by Crippen LogP contribution is -2.25. The van der Waals surface area contributed by atoms with Crippen LogP contribution in [0.5, 0.6) is 5.75 Å². The molecule has 1 aromatic rings. The average molecular weight is 270 g/mol. The van der Waals surface area contributed by atoms with E-state index in [2.05, 4.69) is 24.8 Å². The Hall–Kier alpha value is -1.70. The minimum atomic E-state index is 0.178. The molecule has 2 aliphatic rings. The SMILES string of the molecule is C=C[C@@H]1C[C@]2(Cc3ccc(OC)cc3)CCCC=C2O1. The first-order chi connectivity index (χ1) is 9.75. The standard InChI is InChI=1S/C18H22O2/c1-3-15-13-18(11-5-4-6-17(18)20-15)12-14-7-9-16(19-2)10-8-14/h3,6-10,15H,1,4-5,11-13H2,2H3/t15-,18-/m1/s1. The summed E-state index contributed by atoms with van der Waals surface area (Å²) >= 11 is 0. The van der Waals surface area contributed by atoms with E-state index in [0.29, 0.717) is 0 Å². The average Bonchev–Trinajstić information content (AvgIpc) is 2.86. The van der Waals surface area contributed by atoms with Crippen LogP contribution in [0.25, 0.3) is 0 Å².